The first-order valence-corrected chi connectivity index (χ1v) is 9.23. The van der Waals surface area contributed by atoms with Crippen LogP contribution in [-0.4, -0.2) is 14.8 Å². The van der Waals surface area contributed by atoms with Gasteiger partial charge in [0.1, 0.15) is 0 Å². The molecule has 2 aromatic carbocycles. The van der Waals surface area contributed by atoms with Crippen molar-refractivity contribution in [3.05, 3.63) is 64.3 Å². The number of hydrogen-bond acceptors (Lipinski definition) is 3. The van der Waals surface area contributed by atoms with E-state index in [2.05, 4.69) is 26.0 Å². The van der Waals surface area contributed by atoms with Gasteiger partial charge in [-0.1, -0.05) is 45.5 Å². The molecule has 8 heteroatoms. The second-order valence-corrected chi connectivity index (χ2v) is 7.72. The highest BCUT2D eigenvalue weighted by atomic mass is 79.9. The Morgan fingerprint density at radius 2 is 1.77 bits per heavy atom. The summed E-state index contributed by atoms with van der Waals surface area (Å²) in [7, 11) is 0. The highest BCUT2D eigenvalue weighted by molar-refractivity contribution is 9.10. The maximum atomic E-state index is 13.2. The van der Waals surface area contributed by atoms with Crippen molar-refractivity contribution in [2.24, 2.45) is 0 Å². The SMILES string of the molecule is Cc1ccc2nc(-n3nc(C(F)(F)F)cc3-c3ccc(Br)cc3)sc2c1. The number of nitrogens with zero attached hydrogens (tertiary/aromatic N) is 3. The van der Waals surface area contributed by atoms with E-state index in [9.17, 15) is 13.2 Å². The number of halogens is 4. The summed E-state index contributed by atoms with van der Waals surface area (Å²) in [5, 5.41) is 4.20. The van der Waals surface area contributed by atoms with Gasteiger partial charge < -0.3 is 0 Å². The summed E-state index contributed by atoms with van der Waals surface area (Å²) in [6, 6.07) is 13.8. The molecule has 0 saturated heterocycles. The molecule has 132 valence electrons. The van der Waals surface area contributed by atoms with Gasteiger partial charge in [-0.2, -0.15) is 18.3 Å². The van der Waals surface area contributed by atoms with Crippen LogP contribution in [0.1, 0.15) is 11.3 Å². The molecule has 0 radical (unpaired) electrons. The Hall–Kier alpha value is -2.19. The molecular weight excluding hydrogens is 427 g/mol. The van der Waals surface area contributed by atoms with Crippen LogP contribution in [0.25, 0.3) is 26.6 Å². The fourth-order valence-electron chi connectivity index (χ4n) is 2.60. The van der Waals surface area contributed by atoms with E-state index >= 15 is 0 Å². The van der Waals surface area contributed by atoms with Crippen LogP contribution in [0.2, 0.25) is 0 Å². The minimum Gasteiger partial charge on any atom is -0.218 e. The molecule has 26 heavy (non-hydrogen) atoms. The lowest BCUT2D eigenvalue weighted by Gasteiger charge is -2.04. The number of rotatable bonds is 2. The first-order chi connectivity index (χ1) is 12.3. The molecule has 0 bridgehead atoms. The quantitative estimate of drug-likeness (QED) is 0.371. The molecule has 4 rings (SSSR count). The van der Waals surface area contributed by atoms with E-state index in [1.807, 2.05) is 25.1 Å². The average Bonchev–Trinajstić information content (AvgIpc) is 3.18. The molecule has 0 aliphatic heterocycles. The minimum atomic E-state index is -4.53. The number of fused-ring (bicyclic) bond motifs is 1. The van der Waals surface area contributed by atoms with Gasteiger partial charge in [-0.15, -0.1) is 0 Å². The number of aromatic nitrogens is 3. The summed E-state index contributed by atoms with van der Waals surface area (Å²) >= 11 is 4.65. The van der Waals surface area contributed by atoms with Gasteiger partial charge in [0.05, 0.1) is 15.9 Å². The van der Waals surface area contributed by atoms with Crippen LogP contribution < -0.4 is 0 Å². The summed E-state index contributed by atoms with van der Waals surface area (Å²) in [6.45, 7) is 1.96. The Morgan fingerprint density at radius 3 is 2.46 bits per heavy atom. The lowest BCUT2D eigenvalue weighted by molar-refractivity contribution is -0.141. The van der Waals surface area contributed by atoms with Crippen LogP contribution in [0.15, 0.2) is 53.0 Å². The Morgan fingerprint density at radius 1 is 1.04 bits per heavy atom. The van der Waals surface area contributed by atoms with Crippen LogP contribution in [0, 0.1) is 6.92 Å². The lowest BCUT2D eigenvalue weighted by Crippen LogP contribution is -2.07. The molecule has 0 N–H and O–H groups in total. The van der Waals surface area contributed by atoms with Gasteiger partial charge in [0, 0.05) is 10.0 Å². The Kier molecular flexibility index (Phi) is 4.11. The van der Waals surface area contributed by atoms with Crippen molar-refractivity contribution >= 4 is 37.5 Å². The van der Waals surface area contributed by atoms with Crippen molar-refractivity contribution in [1.29, 1.82) is 0 Å². The second kappa shape index (κ2) is 6.21. The predicted molar refractivity (Wildman–Crippen MR) is 99.6 cm³/mol. The molecule has 0 fully saturated rings. The van der Waals surface area contributed by atoms with Gasteiger partial charge >= 0.3 is 6.18 Å². The topological polar surface area (TPSA) is 30.7 Å². The molecule has 0 aliphatic carbocycles. The molecular formula is C18H11BrF3N3S. The number of benzene rings is 2. The van der Waals surface area contributed by atoms with Crippen molar-refractivity contribution < 1.29 is 13.2 Å². The highest BCUT2D eigenvalue weighted by Crippen LogP contribution is 2.35. The predicted octanol–water partition coefficient (Wildman–Crippen LogP) is 6.24. The van der Waals surface area contributed by atoms with Gasteiger partial charge in [-0.25, -0.2) is 9.67 Å². The highest BCUT2D eigenvalue weighted by Gasteiger charge is 2.35. The van der Waals surface area contributed by atoms with E-state index in [0.29, 0.717) is 16.4 Å². The first kappa shape index (κ1) is 17.2. The third-order valence-corrected chi connectivity index (χ3v) is 5.38. The molecule has 0 saturated carbocycles. The molecule has 0 amide bonds. The van der Waals surface area contributed by atoms with Gasteiger partial charge in [0.15, 0.2) is 5.69 Å². The molecule has 3 nitrogen and oxygen atoms in total. The van der Waals surface area contributed by atoms with Gasteiger partial charge in [0.2, 0.25) is 5.13 Å². The molecule has 4 aromatic rings. The standard InChI is InChI=1S/C18H11BrF3N3S/c1-10-2-7-13-15(8-10)26-17(23-13)25-14(9-16(24-25)18(20,21)22)11-3-5-12(19)6-4-11/h2-9H,1H3. The van der Waals surface area contributed by atoms with E-state index in [1.54, 1.807) is 24.3 Å². The number of thiazole rings is 1. The summed E-state index contributed by atoms with van der Waals surface area (Å²) in [6.07, 6.45) is -4.53. The Labute approximate surface area is 159 Å². The van der Waals surface area contributed by atoms with E-state index in [-0.39, 0.29) is 0 Å². The largest absolute Gasteiger partial charge is 0.435 e. The van der Waals surface area contributed by atoms with Crippen LogP contribution in [0.4, 0.5) is 13.2 Å². The molecule has 0 spiro atoms. The molecule has 0 atom stereocenters. The number of hydrogen-bond donors (Lipinski definition) is 0. The first-order valence-electron chi connectivity index (χ1n) is 7.62. The van der Waals surface area contributed by atoms with E-state index in [4.69, 9.17) is 0 Å². The molecule has 2 heterocycles. The van der Waals surface area contributed by atoms with Crippen molar-refractivity contribution in [3.8, 4) is 16.4 Å². The fourth-order valence-corrected chi connectivity index (χ4v) is 3.90. The third-order valence-electron chi connectivity index (χ3n) is 3.85. The van der Waals surface area contributed by atoms with Crippen molar-refractivity contribution in [3.63, 3.8) is 0 Å². The zero-order chi connectivity index (χ0) is 18.5. The van der Waals surface area contributed by atoms with Gasteiger partial charge in [0.25, 0.3) is 0 Å². The normalized spacial score (nSPS) is 12.0. The van der Waals surface area contributed by atoms with Crippen molar-refractivity contribution in [1.82, 2.24) is 14.8 Å². The summed E-state index contributed by atoms with van der Waals surface area (Å²) in [4.78, 5) is 4.47. The summed E-state index contributed by atoms with van der Waals surface area (Å²) in [5.41, 5.74) is 1.84. The molecule has 0 aliphatic rings. The Balaban J connectivity index is 1.93. The van der Waals surface area contributed by atoms with E-state index < -0.39 is 11.9 Å². The van der Waals surface area contributed by atoms with E-state index in [1.165, 1.54) is 16.0 Å². The smallest absolute Gasteiger partial charge is 0.218 e. The molecule has 0 unspecified atom stereocenters. The monoisotopic (exact) mass is 437 g/mol. The lowest BCUT2D eigenvalue weighted by atomic mass is 10.1. The Bertz CT molecular complexity index is 1100. The van der Waals surface area contributed by atoms with Crippen LogP contribution in [0.5, 0.6) is 0 Å². The van der Waals surface area contributed by atoms with E-state index in [0.717, 1.165) is 26.3 Å². The van der Waals surface area contributed by atoms with Crippen molar-refractivity contribution in [2.45, 2.75) is 13.1 Å². The van der Waals surface area contributed by atoms with Crippen molar-refractivity contribution in [2.75, 3.05) is 0 Å². The minimum absolute atomic E-state index is 0.348. The van der Waals surface area contributed by atoms with Gasteiger partial charge in [-0.05, 0) is 42.8 Å². The van der Waals surface area contributed by atoms with Crippen LogP contribution in [-0.2, 0) is 6.18 Å². The molecule has 2 aromatic heterocycles. The van der Waals surface area contributed by atoms with Gasteiger partial charge in [-0.3, -0.25) is 0 Å². The second-order valence-electron chi connectivity index (χ2n) is 5.80. The van der Waals surface area contributed by atoms with Crippen LogP contribution >= 0.6 is 27.3 Å². The summed E-state index contributed by atoms with van der Waals surface area (Å²) < 4.78 is 42.7. The average molecular weight is 438 g/mol. The fraction of sp³-hybridized carbons (Fsp3) is 0.111. The van der Waals surface area contributed by atoms with Crippen LogP contribution in [0.3, 0.4) is 0 Å². The zero-order valence-electron chi connectivity index (χ0n) is 13.4. The number of aryl methyl sites for hydroxylation is 1. The summed E-state index contributed by atoms with van der Waals surface area (Å²) in [5.74, 6) is 0. The maximum Gasteiger partial charge on any atom is 0.435 e. The zero-order valence-corrected chi connectivity index (χ0v) is 15.8. The third kappa shape index (κ3) is 3.14. The number of alkyl halides is 3. The maximum absolute atomic E-state index is 13.2.